The zero-order valence-electron chi connectivity index (χ0n) is 9.71. The van der Waals surface area contributed by atoms with Gasteiger partial charge in [-0.2, -0.15) is 0 Å². The fraction of sp³-hybridized carbons (Fsp3) is 0.417. The van der Waals surface area contributed by atoms with Gasteiger partial charge in [0.2, 0.25) is 5.91 Å². The van der Waals surface area contributed by atoms with Gasteiger partial charge in [-0.25, -0.2) is 0 Å². The van der Waals surface area contributed by atoms with Gasteiger partial charge in [0.25, 0.3) is 0 Å². The third kappa shape index (κ3) is 5.46. The Hall–Kier alpha value is -0.620. The maximum Gasteiger partial charge on any atom is 0.250 e. The molecule has 1 amide bonds. The number of ether oxygens (including phenoxy) is 1. The molecule has 1 aromatic carbocycles. The standard InChI is InChI=1S/C12H16INO2/c1-12(2,3)16-8-11(15)14-10-6-4-5-9(13)7-10/h4-7H,8H2,1-3H3,(H,14,15). The number of benzene rings is 1. The molecule has 0 saturated carbocycles. The molecule has 3 nitrogen and oxygen atoms in total. The Morgan fingerprint density at radius 2 is 2.12 bits per heavy atom. The molecule has 0 aliphatic heterocycles. The molecule has 0 radical (unpaired) electrons. The maximum absolute atomic E-state index is 11.5. The first kappa shape index (κ1) is 13.4. The second-order valence-corrected chi connectivity index (χ2v) is 5.71. The summed E-state index contributed by atoms with van der Waals surface area (Å²) < 4.78 is 6.47. The van der Waals surface area contributed by atoms with Crippen LogP contribution in [0, 0.1) is 3.57 Å². The van der Waals surface area contributed by atoms with Gasteiger partial charge in [-0.3, -0.25) is 4.79 Å². The van der Waals surface area contributed by atoms with Gasteiger partial charge in [-0.05, 0) is 61.6 Å². The molecule has 0 bridgehead atoms. The Balaban J connectivity index is 2.46. The molecule has 0 heterocycles. The smallest absolute Gasteiger partial charge is 0.250 e. The lowest BCUT2D eigenvalue weighted by atomic mass is 10.2. The summed E-state index contributed by atoms with van der Waals surface area (Å²) in [5.41, 5.74) is 0.511. The molecular weight excluding hydrogens is 317 g/mol. The van der Waals surface area contributed by atoms with Crippen molar-refractivity contribution in [1.82, 2.24) is 0 Å². The molecule has 0 aliphatic rings. The number of hydrogen-bond acceptors (Lipinski definition) is 2. The minimum atomic E-state index is -0.289. The van der Waals surface area contributed by atoms with Crippen LogP contribution in [-0.2, 0) is 9.53 Å². The number of nitrogens with one attached hydrogen (secondary N) is 1. The van der Waals surface area contributed by atoms with E-state index in [1.807, 2.05) is 45.0 Å². The van der Waals surface area contributed by atoms with Gasteiger partial charge in [0.1, 0.15) is 6.61 Å². The van der Waals surface area contributed by atoms with Crippen molar-refractivity contribution in [1.29, 1.82) is 0 Å². The first-order chi connectivity index (χ1) is 7.37. The van der Waals surface area contributed by atoms with Gasteiger partial charge < -0.3 is 10.1 Å². The van der Waals surface area contributed by atoms with Crippen LogP contribution in [0.25, 0.3) is 0 Å². The second kappa shape index (κ2) is 5.63. The van der Waals surface area contributed by atoms with Crippen molar-refractivity contribution in [3.05, 3.63) is 27.8 Å². The number of anilines is 1. The molecule has 0 aromatic heterocycles. The van der Waals surface area contributed by atoms with Crippen molar-refractivity contribution in [3.63, 3.8) is 0 Å². The van der Waals surface area contributed by atoms with Crippen LogP contribution in [0.2, 0.25) is 0 Å². The van der Waals surface area contributed by atoms with E-state index in [0.29, 0.717) is 0 Å². The summed E-state index contributed by atoms with van der Waals surface area (Å²) >= 11 is 2.20. The zero-order chi connectivity index (χ0) is 12.2. The molecule has 4 heteroatoms. The molecule has 0 aliphatic carbocycles. The van der Waals surface area contributed by atoms with E-state index in [9.17, 15) is 4.79 Å². The highest BCUT2D eigenvalue weighted by Gasteiger charge is 2.12. The molecular formula is C12H16INO2. The minimum absolute atomic E-state index is 0.0783. The van der Waals surface area contributed by atoms with Crippen LogP contribution < -0.4 is 5.32 Å². The van der Waals surface area contributed by atoms with Gasteiger partial charge in [0, 0.05) is 9.26 Å². The van der Waals surface area contributed by atoms with Crippen LogP contribution in [0.3, 0.4) is 0 Å². The highest BCUT2D eigenvalue weighted by Crippen LogP contribution is 2.12. The van der Waals surface area contributed by atoms with E-state index < -0.39 is 0 Å². The Labute approximate surface area is 110 Å². The SMILES string of the molecule is CC(C)(C)OCC(=O)Nc1cccc(I)c1. The van der Waals surface area contributed by atoms with Gasteiger partial charge in [0.05, 0.1) is 5.60 Å². The number of carbonyl (C=O) groups is 1. The van der Waals surface area contributed by atoms with Gasteiger partial charge >= 0.3 is 0 Å². The van der Waals surface area contributed by atoms with Crippen molar-refractivity contribution in [2.24, 2.45) is 0 Å². The third-order valence-corrected chi connectivity index (χ3v) is 2.42. The molecule has 16 heavy (non-hydrogen) atoms. The molecule has 0 saturated heterocycles. The summed E-state index contributed by atoms with van der Waals surface area (Å²) in [7, 11) is 0. The Morgan fingerprint density at radius 1 is 1.44 bits per heavy atom. The van der Waals surface area contributed by atoms with Crippen molar-refractivity contribution in [3.8, 4) is 0 Å². The monoisotopic (exact) mass is 333 g/mol. The van der Waals surface area contributed by atoms with Gasteiger partial charge in [0.15, 0.2) is 0 Å². The summed E-state index contributed by atoms with van der Waals surface area (Å²) in [6.45, 7) is 5.85. The van der Waals surface area contributed by atoms with E-state index in [-0.39, 0.29) is 18.1 Å². The van der Waals surface area contributed by atoms with Crippen LogP contribution in [0.4, 0.5) is 5.69 Å². The molecule has 0 spiro atoms. The Kier molecular flexibility index (Phi) is 4.73. The second-order valence-electron chi connectivity index (χ2n) is 4.46. The van der Waals surface area contributed by atoms with Crippen molar-refractivity contribution < 1.29 is 9.53 Å². The number of rotatable bonds is 3. The normalized spacial score (nSPS) is 11.2. The molecule has 1 aromatic rings. The van der Waals surface area contributed by atoms with E-state index in [1.165, 1.54) is 0 Å². The van der Waals surface area contributed by atoms with E-state index in [1.54, 1.807) is 0 Å². The number of carbonyl (C=O) groups excluding carboxylic acids is 1. The van der Waals surface area contributed by atoms with Crippen LogP contribution in [-0.4, -0.2) is 18.1 Å². The Morgan fingerprint density at radius 3 is 2.69 bits per heavy atom. The lowest BCUT2D eigenvalue weighted by Crippen LogP contribution is -2.27. The summed E-state index contributed by atoms with van der Waals surface area (Å²) in [6, 6.07) is 7.65. The molecule has 0 unspecified atom stereocenters. The molecule has 1 N–H and O–H groups in total. The van der Waals surface area contributed by atoms with E-state index >= 15 is 0 Å². The van der Waals surface area contributed by atoms with E-state index in [0.717, 1.165) is 9.26 Å². The quantitative estimate of drug-likeness (QED) is 0.864. The summed E-state index contributed by atoms with van der Waals surface area (Å²) in [6.07, 6.45) is 0. The fourth-order valence-corrected chi connectivity index (χ4v) is 1.59. The first-order valence-corrected chi connectivity index (χ1v) is 6.14. The first-order valence-electron chi connectivity index (χ1n) is 5.06. The van der Waals surface area contributed by atoms with Crippen molar-refractivity contribution in [2.45, 2.75) is 26.4 Å². The minimum Gasteiger partial charge on any atom is -0.366 e. The van der Waals surface area contributed by atoms with Crippen LogP contribution in [0.5, 0.6) is 0 Å². The zero-order valence-corrected chi connectivity index (χ0v) is 11.9. The number of halogens is 1. The van der Waals surface area contributed by atoms with Gasteiger partial charge in [-0.15, -0.1) is 0 Å². The largest absolute Gasteiger partial charge is 0.366 e. The predicted molar refractivity (Wildman–Crippen MR) is 73.5 cm³/mol. The highest BCUT2D eigenvalue weighted by molar-refractivity contribution is 14.1. The van der Waals surface area contributed by atoms with Gasteiger partial charge in [-0.1, -0.05) is 6.07 Å². The van der Waals surface area contributed by atoms with E-state index in [2.05, 4.69) is 27.9 Å². The summed E-state index contributed by atoms with van der Waals surface area (Å²) in [5, 5.41) is 2.79. The lowest BCUT2D eigenvalue weighted by Gasteiger charge is -2.19. The molecule has 0 fully saturated rings. The van der Waals surface area contributed by atoms with Crippen LogP contribution in [0.15, 0.2) is 24.3 Å². The highest BCUT2D eigenvalue weighted by atomic mass is 127. The van der Waals surface area contributed by atoms with Crippen molar-refractivity contribution >= 4 is 34.2 Å². The predicted octanol–water partition coefficient (Wildman–Crippen LogP) is 3.04. The summed E-state index contributed by atoms with van der Waals surface area (Å²) in [5.74, 6) is -0.128. The summed E-state index contributed by atoms with van der Waals surface area (Å²) in [4.78, 5) is 11.5. The van der Waals surface area contributed by atoms with Crippen molar-refractivity contribution in [2.75, 3.05) is 11.9 Å². The average molecular weight is 333 g/mol. The molecule has 88 valence electrons. The maximum atomic E-state index is 11.5. The Bertz CT molecular complexity index is 372. The average Bonchev–Trinajstić information content (AvgIpc) is 2.14. The topological polar surface area (TPSA) is 38.3 Å². The lowest BCUT2D eigenvalue weighted by molar-refractivity contribution is -0.125. The molecule has 0 atom stereocenters. The van der Waals surface area contributed by atoms with Crippen LogP contribution >= 0.6 is 22.6 Å². The fourth-order valence-electron chi connectivity index (χ4n) is 1.05. The number of hydrogen-bond donors (Lipinski definition) is 1. The van der Waals surface area contributed by atoms with Crippen LogP contribution in [0.1, 0.15) is 20.8 Å². The number of amides is 1. The molecule has 1 rings (SSSR count). The third-order valence-electron chi connectivity index (χ3n) is 1.74. The van der Waals surface area contributed by atoms with E-state index in [4.69, 9.17) is 4.74 Å².